The van der Waals surface area contributed by atoms with Crippen molar-refractivity contribution >= 4 is 30.7 Å². The maximum absolute atomic E-state index is 12.4. The summed E-state index contributed by atoms with van der Waals surface area (Å²) in [5.41, 5.74) is 6.75. The highest BCUT2D eigenvalue weighted by molar-refractivity contribution is 5.85. The lowest BCUT2D eigenvalue weighted by Crippen LogP contribution is -2.34. The average Bonchev–Trinajstić information content (AvgIpc) is 3.21. The van der Waals surface area contributed by atoms with Crippen molar-refractivity contribution in [3.05, 3.63) is 42.1 Å². The number of nitrogens with zero attached hydrogens (tertiary/aromatic N) is 3. The molecule has 8 heteroatoms. The van der Waals surface area contributed by atoms with Crippen molar-refractivity contribution < 1.29 is 4.79 Å². The molecule has 1 fully saturated rings. The normalized spacial score (nSPS) is 19.0. The van der Waals surface area contributed by atoms with Gasteiger partial charge in [-0.15, -0.1) is 24.8 Å². The van der Waals surface area contributed by atoms with Gasteiger partial charge in [-0.25, -0.2) is 9.97 Å². The summed E-state index contributed by atoms with van der Waals surface area (Å²) in [7, 11) is 0. The van der Waals surface area contributed by atoms with Crippen molar-refractivity contribution in [1.82, 2.24) is 19.9 Å². The molecule has 0 radical (unpaired) electrons. The molecule has 1 aliphatic rings. The van der Waals surface area contributed by atoms with Gasteiger partial charge in [0.25, 0.3) is 0 Å². The highest BCUT2D eigenvalue weighted by Gasteiger charge is 2.31. The van der Waals surface area contributed by atoms with E-state index in [1.165, 1.54) is 0 Å². The van der Waals surface area contributed by atoms with Crippen molar-refractivity contribution in [2.75, 3.05) is 6.54 Å². The number of carbonyl (C=O) groups excluding carboxylic acids is 1. The van der Waals surface area contributed by atoms with Crippen molar-refractivity contribution in [3.8, 4) is 5.82 Å². The smallest absolute Gasteiger partial charge is 0.223 e. The Morgan fingerprint density at radius 3 is 2.80 bits per heavy atom. The van der Waals surface area contributed by atoms with Crippen molar-refractivity contribution in [2.24, 2.45) is 17.6 Å². The number of nitrogens with one attached hydrogen (secondary N) is 1. The minimum absolute atomic E-state index is 0. The molecule has 138 valence electrons. The fourth-order valence-electron chi connectivity index (χ4n) is 3.36. The molecule has 6 nitrogen and oxygen atoms in total. The highest BCUT2D eigenvalue weighted by atomic mass is 35.5. The van der Waals surface area contributed by atoms with E-state index in [1.807, 2.05) is 29.8 Å². The summed E-state index contributed by atoms with van der Waals surface area (Å²) in [6.45, 7) is 2.99. The molecule has 25 heavy (non-hydrogen) atoms. The number of carbonyl (C=O) groups is 1. The number of halogens is 2. The van der Waals surface area contributed by atoms with E-state index >= 15 is 0 Å². The van der Waals surface area contributed by atoms with E-state index in [-0.39, 0.29) is 36.6 Å². The second-order valence-electron chi connectivity index (χ2n) is 6.08. The van der Waals surface area contributed by atoms with Crippen LogP contribution in [0.2, 0.25) is 0 Å². The number of aromatic nitrogens is 3. The predicted octanol–water partition coefficient (Wildman–Crippen LogP) is 2.41. The van der Waals surface area contributed by atoms with Crippen LogP contribution in [0.3, 0.4) is 0 Å². The Bertz CT molecular complexity index is 691. The topological polar surface area (TPSA) is 85.8 Å². The maximum atomic E-state index is 12.4. The molecule has 0 saturated heterocycles. The summed E-state index contributed by atoms with van der Waals surface area (Å²) in [6, 6.07) is 3.87. The van der Waals surface area contributed by atoms with E-state index in [2.05, 4.69) is 15.3 Å². The molecule has 0 spiro atoms. The van der Waals surface area contributed by atoms with Crippen LogP contribution in [-0.4, -0.2) is 27.0 Å². The second kappa shape index (κ2) is 9.75. The van der Waals surface area contributed by atoms with Gasteiger partial charge in [0.2, 0.25) is 5.91 Å². The standard InChI is InChI=1S/C17H23N5O.2ClH/c1-12-19-8-9-22(12)16-14(5-3-7-20-16)11-21-17(23)15-6-2-4-13(15)10-18;;/h3,5,7-9,13,15H,2,4,6,10-11,18H2,1H3,(H,21,23);2*1H/t13-,15-;;/m1../s1. The molecule has 2 heterocycles. The Labute approximate surface area is 160 Å². The molecule has 1 aliphatic carbocycles. The molecular formula is C17H25Cl2N5O. The summed E-state index contributed by atoms with van der Waals surface area (Å²) in [5, 5.41) is 3.06. The van der Waals surface area contributed by atoms with Gasteiger partial charge in [0.05, 0.1) is 0 Å². The molecule has 0 aromatic carbocycles. The summed E-state index contributed by atoms with van der Waals surface area (Å²) >= 11 is 0. The Morgan fingerprint density at radius 1 is 1.32 bits per heavy atom. The van der Waals surface area contributed by atoms with Gasteiger partial charge in [-0.1, -0.05) is 12.5 Å². The number of amides is 1. The summed E-state index contributed by atoms with van der Waals surface area (Å²) < 4.78 is 1.93. The predicted molar refractivity (Wildman–Crippen MR) is 102 cm³/mol. The zero-order chi connectivity index (χ0) is 16.2. The lowest BCUT2D eigenvalue weighted by Gasteiger charge is -2.18. The molecule has 2 aromatic heterocycles. The van der Waals surface area contributed by atoms with Crippen molar-refractivity contribution in [3.63, 3.8) is 0 Å². The van der Waals surface area contributed by atoms with Gasteiger partial charge in [-0.2, -0.15) is 0 Å². The van der Waals surface area contributed by atoms with Crippen LogP contribution in [0.1, 0.15) is 30.7 Å². The number of pyridine rings is 1. The van der Waals surface area contributed by atoms with E-state index < -0.39 is 0 Å². The van der Waals surface area contributed by atoms with Crippen molar-refractivity contribution in [2.45, 2.75) is 32.7 Å². The van der Waals surface area contributed by atoms with Gasteiger partial charge in [-0.05, 0) is 38.3 Å². The second-order valence-corrected chi connectivity index (χ2v) is 6.08. The number of nitrogens with two attached hydrogens (primary N) is 1. The first-order valence-corrected chi connectivity index (χ1v) is 8.12. The first kappa shape index (κ1) is 21.4. The van der Waals surface area contributed by atoms with Crippen LogP contribution < -0.4 is 11.1 Å². The van der Waals surface area contributed by atoms with Crippen LogP contribution in [0.25, 0.3) is 5.82 Å². The Hall–Kier alpha value is -1.63. The molecule has 2 atom stereocenters. The third kappa shape index (κ3) is 4.71. The van der Waals surface area contributed by atoms with Crippen LogP contribution in [0, 0.1) is 18.8 Å². The van der Waals surface area contributed by atoms with Crippen LogP contribution in [0.15, 0.2) is 30.7 Å². The Morgan fingerprint density at radius 2 is 2.12 bits per heavy atom. The van der Waals surface area contributed by atoms with Crippen molar-refractivity contribution in [1.29, 1.82) is 0 Å². The minimum atomic E-state index is 0. The SMILES string of the molecule is Cc1nccn1-c1ncccc1CNC(=O)[C@@H]1CCC[C@@H]1CN.Cl.Cl. The monoisotopic (exact) mass is 385 g/mol. The van der Waals surface area contributed by atoms with Gasteiger partial charge in [0.1, 0.15) is 11.6 Å². The molecular weight excluding hydrogens is 361 g/mol. The fraction of sp³-hybridized carbons (Fsp3) is 0.471. The number of hydrogen-bond acceptors (Lipinski definition) is 4. The zero-order valence-corrected chi connectivity index (χ0v) is 15.9. The summed E-state index contributed by atoms with van der Waals surface area (Å²) in [4.78, 5) is 21.1. The summed E-state index contributed by atoms with van der Waals surface area (Å²) in [6.07, 6.45) is 8.46. The quantitative estimate of drug-likeness (QED) is 0.827. The molecule has 3 N–H and O–H groups in total. The van der Waals surface area contributed by atoms with E-state index in [0.29, 0.717) is 19.0 Å². The third-order valence-electron chi connectivity index (χ3n) is 4.67. The van der Waals surface area contributed by atoms with Crippen LogP contribution >= 0.6 is 24.8 Å². The fourth-order valence-corrected chi connectivity index (χ4v) is 3.36. The van der Waals surface area contributed by atoms with Gasteiger partial charge in [0.15, 0.2) is 0 Å². The zero-order valence-electron chi connectivity index (χ0n) is 14.2. The highest BCUT2D eigenvalue weighted by Crippen LogP contribution is 2.31. The number of imidazole rings is 1. The number of aryl methyl sites for hydroxylation is 1. The van der Waals surface area contributed by atoms with Gasteiger partial charge < -0.3 is 11.1 Å². The molecule has 3 rings (SSSR count). The molecule has 2 aromatic rings. The maximum Gasteiger partial charge on any atom is 0.223 e. The van der Waals surface area contributed by atoms with Gasteiger partial charge in [-0.3, -0.25) is 9.36 Å². The van der Waals surface area contributed by atoms with Crippen LogP contribution in [-0.2, 0) is 11.3 Å². The number of rotatable bonds is 5. The first-order valence-electron chi connectivity index (χ1n) is 8.12. The minimum Gasteiger partial charge on any atom is -0.352 e. The van der Waals surface area contributed by atoms with E-state index in [4.69, 9.17) is 5.73 Å². The molecule has 0 aliphatic heterocycles. The first-order chi connectivity index (χ1) is 11.2. The molecule has 0 unspecified atom stereocenters. The lowest BCUT2D eigenvalue weighted by molar-refractivity contribution is -0.126. The average molecular weight is 386 g/mol. The van der Waals surface area contributed by atoms with E-state index in [1.54, 1.807) is 12.4 Å². The van der Waals surface area contributed by atoms with E-state index in [9.17, 15) is 4.79 Å². The Kier molecular flexibility index (Phi) is 8.35. The van der Waals surface area contributed by atoms with Gasteiger partial charge >= 0.3 is 0 Å². The van der Waals surface area contributed by atoms with Crippen LogP contribution in [0.4, 0.5) is 0 Å². The van der Waals surface area contributed by atoms with Gasteiger partial charge in [0, 0.05) is 36.6 Å². The summed E-state index contributed by atoms with van der Waals surface area (Å²) in [5.74, 6) is 2.16. The third-order valence-corrected chi connectivity index (χ3v) is 4.67. The number of hydrogen-bond donors (Lipinski definition) is 2. The molecule has 0 bridgehead atoms. The largest absolute Gasteiger partial charge is 0.352 e. The molecule has 1 amide bonds. The lowest BCUT2D eigenvalue weighted by atomic mass is 9.95. The van der Waals surface area contributed by atoms with E-state index in [0.717, 1.165) is 36.5 Å². The molecule has 1 saturated carbocycles. The Balaban J connectivity index is 0.00000156. The van der Waals surface area contributed by atoms with Crippen LogP contribution in [0.5, 0.6) is 0 Å².